The minimum atomic E-state index is -0.523. The van der Waals surface area contributed by atoms with Crippen LogP contribution in [0.1, 0.15) is 0 Å². The summed E-state index contributed by atoms with van der Waals surface area (Å²) in [5, 5.41) is 10.5. The molecule has 0 atom stereocenters. The van der Waals surface area contributed by atoms with Crippen LogP contribution in [0.3, 0.4) is 0 Å². The maximum absolute atomic E-state index is 10.5. The smallest absolute Gasteiger partial charge is 0.312 e. The van der Waals surface area contributed by atoms with Crippen LogP contribution in [0.5, 0.6) is 0 Å². The molecule has 0 aliphatic rings. The van der Waals surface area contributed by atoms with Crippen molar-refractivity contribution in [2.24, 2.45) is 0 Å². The molecule has 13 heavy (non-hydrogen) atoms. The number of hydrogen-bond acceptors (Lipinski definition) is 5. The van der Waals surface area contributed by atoms with E-state index in [2.05, 4.69) is 15.0 Å². The van der Waals surface area contributed by atoms with Gasteiger partial charge in [-0.2, -0.15) is 0 Å². The molecule has 0 aliphatic heterocycles. The normalized spacial score (nSPS) is 10.5. The number of nitrogens with one attached hydrogen (secondary N) is 1. The Hall–Kier alpha value is -2.18. The molecule has 0 bridgehead atoms. The molecule has 0 saturated carbocycles. The Labute approximate surface area is 71.8 Å². The van der Waals surface area contributed by atoms with E-state index in [1.165, 1.54) is 12.5 Å². The zero-order chi connectivity index (χ0) is 9.42. The van der Waals surface area contributed by atoms with E-state index in [1.807, 2.05) is 0 Å². The highest BCUT2D eigenvalue weighted by Crippen LogP contribution is 2.24. The second-order valence-corrected chi connectivity index (χ2v) is 2.41. The first-order chi connectivity index (χ1) is 6.20. The lowest BCUT2D eigenvalue weighted by Gasteiger charge is -1.91. The lowest BCUT2D eigenvalue weighted by atomic mass is 10.4. The molecule has 0 unspecified atom stereocenters. The van der Waals surface area contributed by atoms with Gasteiger partial charge in [0, 0.05) is 0 Å². The van der Waals surface area contributed by atoms with E-state index in [1.54, 1.807) is 0 Å². The van der Waals surface area contributed by atoms with Crippen LogP contribution in [0.25, 0.3) is 11.0 Å². The van der Waals surface area contributed by atoms with Crippen molar-refractivity contribution >= 4 is 22.5 Å². The lowest BCUT2D eigenvalue weighted by molar-refractivity contribution is -0.383. The summed E-state index contributed by atoms with van der Waals surface area (Å²) in [6, 6.07) is 0. The van der Waals surface area contributed by atoms with E-state index in [4.69, 9.17) is 5.73 Å². The number of H-pyrrole nitrogens is 1. The van der Waals surface area contributed by atoms with Gasteiger partial charge >= 0.3 is 5.69 Å². The number of rotatable bonds is 1. The number of aromatic nitrogens is 3. The number of aromatic amines is 1. The van der Waals surface area contributed by atoms with Crippen LogP contribution in [0.15, 0.2) is 12.5 Å². The largest absolute Gasteiger partial charge is 0.382 e. The fourth-order valence-corrected chi connectivity index (χ4v) is 1.08. The minimum absolute atomic E-state index is 0.0934. The van der Waals surface area contributed by atoms with Crippen molar-refractivity contribution in [2.45, 2.75) is 0 Å². The summed E-state index contributed by atoms with van der Waals surface area (Å²) < 4.78 is 0. The summed E-state index contributed by atoms with van der Waals surface area (Å²) in [5.41, 5.74) is 6.00. The van der Waals surface area contributed by atoms with E-state index in [0.29, 0.717) is 5.52 Å². The van der Waals surface area contributed by atoms with Crippen LogP contribution >= 0.6 is 0 Å². The SMILES string of the molecule is Nc1ncnc2c([N+](=O)[O-])c[nH]c12. The molecule has 0 fully saturated rings. The number of nitrogen functional groups attached to an aromatic ring is 1. The maximum atomic E-state index is 10.5. The van der Waals surface area contributed by atoms with Crippen molar-refractivity contribution in [3.8, 4) is 0 Å². The summed E-state index contributed by atoms with van der Waals surface area (Å²) in [6.07, 6.45) is 2.44. The molecule has 0 spiro atoms. The molecule has 0 aromatic carbocycles. The van der Waals surface area contributed by atoms with Gasteiger partial charge in [-0.25, -0.2) is 9.97 Å². The Balaban J connectivity index is 2.83. The average Bonchev–Trinajstić information content (AvgIpc) is 2.48. The molecule has 0 saturated heterocycles. The number of fused-ring (bicyclic) bond motifs is 1. The van der Waals surface area contributed by atoms with Gasteiger partial charge < -0.3 is 10.7 Å². The molecule has 2 heterocycles. The van der Waals surface area contributed by atoms with Gasteiger partial charge in [0.1, 0.15) is 11.8 Å². The van der Waals surface area contributed by atoms with Crippen molar-refractivity contribution in [1.82, 2.24) is 15.0 Å². The highest BCUT2D eigenvalue weighted by molar-refractivity contribution is 5.91. The van der Waals surface area contributed by atoms with E-state index >= 15 is 0 Å². The lowest BCUT2D eigenvalue weighted by Crippen LogP contribution is -1.93. The number of nitro groups is 1. The molecular formula is C6H5N5O2. The van der Waals surface area contributed by atoms with Gasteiger partial charge in [0.2, 0.25) is 0 Å². The standard InChI is InChI=1S/C6H5N5O2/c7-6-5-4(9-2-10-6)3(1-8-5)11(12)13/h1-2,8H,(H2,7,9,10). The van der Waals surface area contributed by atoms with E-state index in [9.17, 15) is 10.1 Å². The number of anilines is 1. The van der Waals surface area contributed by atoms with Crippen molar-refractivity contribution in [2.75, 3.05) is 5.73 Å². The van der Waals surface area contributed by atoms with Gasteiger partial charge in [0.25, 0.3) is 0 Å². The zero-order valence-electron chi connectivity index (χ0n) is 6.39. The van der Waals surface area contributed by atoms with Gasteiger partial charge in [0.05, 0.1) is 11.1 Å². The third-order valence-electron chi connectivity index (χ3n) is 1.67. The molecule has 2 rings (SSSR count). The molecular weight excluding hydrogens is 174 g/mol. The van der Waals surface area contributed by atoms with Crippen LogP contribution in [0.4, 0.5) is 11.5 Å². The van der Waals surface area contributed by atoms with Crippen molar-refractivity contribution in [1.29, 1.82) is 0 Å². The Kier molecular flexibility index (Phi) is 1.38. The van der Waals surface area contributed by atoms with Crippen molar-refractivity contribution in [3.63, 3.8) is 0 Å². The Morgan fingerprint density at radius 1 is 1.54 bits per heavy atom. The Morgan fingerprint density at radius 3 is 3.00 bits per heavy atom. The number of nitrogens with zero attached hydrogens (tertiary/aromatic N) is 3. The first kappa shape index (κ1) is 7.47. The fourth-order valence-electron chi connectivity index (χ4n) is 1.08. The van der Waals surface area contributed by atoms with Crippen LogP contribution < -0.4 is 5.73 Å². The maximum Gasteiger partial charge on any atom is 0.312 e. The van der Waals surface area contributed by atoms with Gasteiger partial charge in [-0.15, -0.1) is 0 Å². The van der Waals surface area contributed by atoms with Gasteiger partial charge in [-0.3, -0.25) is 10.1 Å². The van der Waals surface area contributed by atoms with Crippen LogP contribution in [-0.4, -0.2) is 19.9 Å². The van der Waals surface area contributed by atoms with Crippen molar-refractivity contribution < 1.29 is 4.92 Å². The van der Waals surface area contributed by atoms with Gasteiger partial charge in [0.15, 0.2) is 11.3 Å². The van der Waals surface area contributed by atoms with E-state index in [0.717, 1.165) is 0 Å². The molecule has 66 valence electrons. The first-order valence-corrected chi connectivity index (χ1v) is 3.42. The highest BCUT2D eigenvalue weighted by Gasteiger charge is 2.16. The fraction of sp³-hybridized carbons (Fsp3) is 0. The predicted octanol–water partition coefficient (Wildman–Crippen LogP) is 0.448. The minimum Gasteiger partial charge on any atom is -0.382 e. The molecule has 3 N–H and O–H groups in total. The van der Waals surface area contributed by atoms with Crippen LogP contribution in [0, 0.1) is 10.1 Å². The summed E-state index contributed by atoms with van der Waals surface area (Å²) >= 11 is 0. The summed E-state index contributed by atoms with van der Waals surface area (Å²) in [7, 11) is 0. The average molecular weight is 179 g/mol. The van der Waals surface area contributed by atoms with Crippen LogP contribution in [0.2, 0.25) is 0 Å². The van der Waals surface area contributed by atoms with Crippen molar-refractivity contribution in [3.05, 3.63) is 22.6 Å². The molecule has 2 aromatic rings. The zero-order valence-corrected chi connectivity index (χ0v) is 6.39. The first-order valence-electron chi connectivity index (χ1n) is 3.42. The monoisotopic (exact) mass is 179 g/mol. The van der Waals surface area contributed by atoms with Crippen LogP contribution in [-0.2, 0) is 0 Å². The molecule has 7 nitrogen and oxygen atoms in total. The summed E-state index contributed by atoms with van der Waals surface area (Å²) in [4.78, 5) is 20.0. The summed E-state index contributed by atoms with van der Waals surface area (Å²) in [5.74, 6) is 0.207. The summed E-state index contributed by atoms with van der Waals surface area (Å²) in [6.45, 7) is 0. The number of hydrogen-bond donors (Lipinski definition) is 2. The Morgan fingerprint density at radius 2 is 2.31 bits per heavy atom. The quantitative estimate of drug-likeness (QED) is 0.487. The third kappa shape index (κ3) is 0.975. The topological polar surface area (TPSA) is 111 Å². The predicted molar refractivity (Wildman–Crippen MR) is 45.0 cm³/mol. The van der Waals surface area contributed by atoms with Gasteiger partial charge in [-0.1, -0.05) is 0 Å². The second-order valence-electron chi connectivity index (χ2n) is 2.41. The molecule has 2 aromatic heterocycles. The molecule has 0 radical (unpaired) electrons. The van der Waals surface area contributed by atoms with Gasteiger partial charge in [-0.05, 0) is 0 Å². The molecule has 7 heteroatoms. The third-order valence-corrected chi connectivity index (χ3v) is 1.67. The van der Waals surface area contributed by atoms with E-state index < -0.39 is 4.92 Å². The highest BCUT2D eigenvalue weighted by atomic mass is 16.6. The second kappa shape index (κ2) is 2.41. The van der Waals surface area contributed by atoms with E-state index in [-0.39, 0.29) is 17.0 Å². The molecule has 0 aliphatic carbocycles. The number of nitrogens with two attached hydrogens (primary N) is 1. The molecule has 0 amide bonds. The Bertz CT molecular complexity index is 477.